The smallest absolute Gasteiger partial charge is 0.223 e. The first-order valence-electron chi connectivity index (χ1n) is 8.68. The highest BCUT2D eigenvalue weighted by atomic mass is 16.5. The van der Waals surface area contributed by atoms with Gasteiger partial charge in [-0.25, -0.2) is 9.97 Å². The number of ether oxygens (including phenoxy) is 2. The molecule has 3 rings (SSSR count). The number of hydrogen-bond donors (Lipinski definition) is 1. The Hall–Kier alpha value is -2.34. The summed E-state index contributed by atoms with van der Waals surface area (Å²) in [7, 11) is 3.36. The second-order valence-electron chi connectivity index (χ2n) is 6.39. The highest BCUT2D eigenvalue weighted by Gasteiger charge is 2.22. The lowest BCUT2D eigenvalue weighted by Crippen LogP contribution is -2.42. The van der Waals surface area contributed by atoms with Crippen molar-refractivity contribution in [3.8, 4) is 11.5 Å². The first-order valence-corrected chi connectivity index (χ1v) is 8.68. The van der Waals surface area contributed by atoms with Gasteiger partial charge in [-0.3, -0.25) is 4.90 Å². The first-order chi connectivity index (χ1) is 12.2. The number of nitrogens with zero attached hydrogens (tertiary/aromatic N) is 3. The number of likely N-dealkylation sites (tertiary alicyclic amines) is 1. The molecule has 0 spiro atoms. The van der Waals surface area contributed by atoms with Crippen molar-refractivity contribution in [3.05, 3.63) is 41.7 Å². The number of piperidine rings is 1. The molecule has 2 aromatic rings. The third-order valence-electron chi connectivity index (χ3n) is 4.51. The van der Waals surface area contributed by atoms with E-state index in [1.165, 1.54) is 0 Å². The molecule has 0 bridgehead atoms. The molecule has 1 unspecified atom stereocenters. The highest BCUT2D eigenvalue weighted by molar-refractivity contribution is 5.46. The predicted molar refractivity (Wildman–Crippen MR) is 98.2 cm³/mol. The van der Waals surface area contributed by atoms with Crippen molar-refractivity contribution < 1.29 is 9.47 Å². The van der Waals surface area contributed by atoms with Crippen molar-refractivity contribution in [1.82, 2.24) is 14.9 Å². The predicted octanol–water partition coefficient (Wildman–Crippen LogP) is 2.88. The Labute approximate surface area is 149 Å². The minimum Gasteiger partial charge on any atom is -0.493 e. The van der Waals surface area contributed by atoms with Gasteiger partial charge in [0.05, 0.1) is 14.2 Å². The van der Waals surface area contributed by atoms with Gasteiger partial charge in [0.25, 0.3) is 0 Å². The molecule has 25 heavy (non-hydrogen) atoms. The minimum atomic E-state index is 0.354. The van der Waals surface area contributed by atoms with Gasteiger partial charge in [-0.2, -0.15) is 0 Å². The van der Waals surface area contributed by atoms with Crippen LogP contribution in [0.2, 0.25) is 0 Å². The molecular formula is C19H26N4O2. The number of rotatable bonds is 6. The van der Waals surface area contributed by atoms with E-state index in [4.69, 9.17) is 9.47 Å². The number of nitrogens with one attached hydrogen (secondary N) is 1. The lowest BCUT2D eigenvalue weighted by molar-refractivity contribution is 0.205. The Morgan fingerprint density at radius 3 is 2.88 bits per heavy atom. The molecule has 0 amide bonds. The van der Waals surface area contributed by atoms with Crippen LogP contribution in [0.25, 0.3) is 0 Å². The van der Waals surface area contributed by atoms with Crippen molar-refractivity contribution in [2.45, 2.75) is 32.4 Å². The molecule has 0 radical (unpaired) electrons. The Morgan fingerprint density at radius 1 is 1.24 bits per heavy atom. The molecule has 1 N–H and O–H groups in total. The van der Waals surface area contributed by atoms with Gasteiger partial charge >= 0.3 is 0 Å². The van der Waals surface area contributed by atoms with Crippen LogP contribution in [0.4, 0.5) is 5.95 Å². The fourth-order valence-electron chi connectivity index (χ4n) is 3.34. The average molecular weight is 342 g/mol. The van der Waals surface area contributed by atoms with Crippen molar-refractivity contribution in [1.29, 1.82) is 0 Å². The number of benzene rings is 1. The van der Waals surface area contributed by atoms with Crippen LogP contribution in [-0.2, 0) is 6.54 Å². The molecule has 1 atom stereocenters. The molecular weight excluding hydrogens is 316 g/mol. The fraction of sp³-hybridized carbons (Fsp3) is 0.474. The zero-order chi connectivity index (χ0) is 17.6. The van der Waals surface area contributed by atoms with E-state index in [2.05, 4.69) is 26.3 Å². The van der Waals surface area contributed by atoms with Crippen molar-refractivity contribution in [2.24, 2.45) is 0 Å². The lowest BCUT2D eigenvalue weighted by Gasteiger charge is -2.33. The van der Waals surface area contributed by atoms with Gasteiger partial charge in [0.2, 0.25) is 5.95 Å². The zero-order valence-electron chi connectivity index (χ0n) is 15.2. The van der Waals surface area contributed by atoms with Gasteiger partial charge in [-0.1, -0.05) is 12.1 Å². The van der Waals surface area contributed by atoms with Gasteiger partial charge in [0.1, 0.15) is 0 Å². The van der Waals surface area contributed by atoms with Crippen molar-refractivity contribution >= 4 is 5.95 Å². The zero-order valence-corrected chi connectivity index (χ0v) is 15.2. The molecule has 1 fully saturated rings. The largest absolute Gasteiger partial charge is 0.493 e. The maximum absolute atomic E-state index is 5.56. The molecule has 0 saturated carbocycles. The molecule has 1 aliphatic rings. The number of para-hydroxylation sites is 1. The van der Waals surface area contributed by atoms with E-state index in [9.17, 15) is 0 Å². The number of methoxy groups -OCH3 is 2. The third kappa shape index (κ3) is 4.39. The molecule has 0 aliphatic carbocycles. The number of aryl methyl sites for hydroxylation is 1. The normalized spacial score (nSPS) is 18.0. The van der Waals surface area contributed by atoms with Gasteiger partial charge in [0, 0.05) is 36.6 Å². The highest BCUT2D eigenvalue weighted by Crippen LogP contribution is 2.32. The summed E-state index contributed by atoms with van der Waals surface area (Å²) in [5.74, 6) is 2.31. The number of hydrogen-bond acceptors (Lipinski definition) is 6. The maximum Gasteiger partial charge on any atom is 0.223 e. The Bertz CT molecular complexity index is 708. The molecule has 2 heterocycles. The Kier molecular flexibility index (Phi) is 5.71. The molecule has 1 aromatic carbocycles. The monoisotopic (exact) mass is 342 g/mol. The van der Waals surface area contributed by atoms with E-state index < -0.39 is 0 Å². The molecule has 1 aliphatic heterocycles. The van der Waals surface area contributed by atoms with Crippen LogP contribution in [-0.4, -0.2) is 48.2 Å². The van der Waals surface area contributed by atoms with Crippen LogP contribution < -0.4 is 14.8 Å². The summed E-state index contributed by atoms with van der Waals surface area (Å²) >= 11 is 0. The summed E-state index contributed by atoms with van der Waals surface area (Å²) in [4.78, 5) is 11.2. The molecule has 6 heteroatoms. The van der Waals surface area contributed by atoms with Gasteiger partial charge in [-0.05, 0) is 38.4 Å². The Morgan fingerprint density at radius 2 is 2.12 bits per heavy atom. The van der Waals surface area contributed by atoms with Crippen LogP contribution in [0.1, 0.15) is 24.1 Å². The minimum absolute atomic E-state index is 0.354. The summed E-state index contributed by atoms with van der Waals surface area (Å²) in [5.41, 5.74) is 2.13. The lowest BCUT2D eigenvalue weighted by atomic mass is 10.0. The van der Waals surface area contributed by atoms with Gasteiger partial charge in [0.15, 0.2) is 11.5 Å². The van der Waals surface area contributed by atoms with E-state index in [1.807, 2.05) is 25.1 Å². The van der Waals surface area contributed by atoms with Crippen LogP contribution in [0.3, 0.4) is 0 Å². The van der Waals surface area contributed by atoms with Crippen LogP contribution in [0.5, 0.6) is 11.5 Å². The maximum atomic E-state index is 5.56. The van der Waals surface area contributed by atoms with Crippen LogP contribution in [0.15, 0.2) is 30.5 Å². The van der Waals surface area contributed by atoms with Crippen LogP contribution in [0, 0.1) is 6.92 Å². The summed E-state index contributed by atoms with van der Waals surface area (Å²) in [6.45, 7) is 4.85. The summed E-state index contributed by atoms with van der Waals surface area (Å²) < 4.78 is 11.0. The quantitative estimate of drug-likeness (QED) is 0.871. The first kappa shape index (κ1) is 17.5. The second-order valence-corrected chi connectivity index (χ2v) is 6.39. The van der Waals surface area contributed by atoms with E-state index in [0.717, 1.165) is 55.2 Å². The van der Waals surface area contributed by atoms with Crippen molar-refractivity contribution in [2.75, 3.05) is 32.6 Å². The van der Waals surface area contributed by atoms with E-state index in [-0.39, 0.29) is 0 Å². The second kappa shape index (κ2) is 8.16. The third-order valence-corrected chi connectivity index (χ3v) is 4.51. The topological polar surface area (TPSA) is 59.5 Å². The molecule has 1 aromatic heterocycles. The average Bonchev–Trinajstić information content (AvgIpc) is 2.62. The fourth-order valence-corrected chi connectivity index (χ4v) is 3.34. The molecule has 1 saturated heterocycles. The van der Waals surface area contributed by atoms with E-state index in [0.29, 0.717) is 12.0 Å². The van der Waals surface area contributed by atoms with E-state index >= 15 is 0 Å². The van der Waals surface area contributed by atoms with Crippen molar-refractivity contribution in [3.63, 3.8) is 0 Å². The molecule has 134 valence electrons. The van der Waals surface area contributed by atoms with Gasteiger partial charge < -0.3 is 14.8 Å². The Balaban J connectivity index is 1.66. The summed E-state index contributed by atoms with van der Waals surface area (Å²) in [6.07, 6.45) is 4.07. The van der Waals surface area contributed by atoms with Crippen LogP contribution >= 0.6 is 0 Å². The number of aromatic nitrogens is 2. The standard InChI is InChI=1S/C19H26N4O2/c1-14-9-10-20-19(21-14)22-16-7-5-11-23(13-16)12-15-6-4-8-17(24-2)18(15)25-3/h4,6,8-10,16H,5,7,11-13H2,1-3H3,(H,20,21,22). The molecule has 6 nitrogen and oxygen atoms in total. The summed E-state index contributed by atoms with van der Waals surface area (Å²) in [5, 5.41) is 3.47. The van der Waals surface area contributed by atoms with Gasteiger partial charge in [-0.15, -0.1) is 0 Å². The van der Waals surface area contributed by atoms with E-state index in [1.54, 1.807) is 20.4 Å². The number of anilines is 1. The SMILES string of the molecule is COc1cccc(CN2CCCC(Nc3nccc(C)n3)C2)c1OC. The summed E-state index contributed by atoms with van der Waals surface area (Å²) in [6, 6.07) is 8.30.